The van der Waals surface area contributed by atoms with Gasteiger partial charge in [-0.15, -0.1) is 0 Å². The molecule has 0 aliphatic carbocycles. The Morgan fingerprint density at radius 3 is 2.71 bits per heavy atom. The normalized spacial score (nSPS) is 17.6. The minimum absolute atomic E-state index is 0.222. The summed E-state index contributed by atoms with van der Waals surface area (Å²) in [6, 6.07) is 11.9. The predicted octanol–water partition coefficient (Wildman–Crippen LogP) is 3.84. The number of carbonyl (C=O) groups excluding carboxylic acids is 1. The van der Waals surface area contributed by atoms with Crippen LogP contribution in [0.2, 0.25) is 0 Å². The highest BCUT2D eigenvalue weighted by Crippen LogP contribution is 2.43. The topological polar surface area (TPSA) is 26.3 Å². The van der Waals surface area contributed by atoms with Crippen LogP contribution in [0.25, 0.3) is 10.8 Å². The monoisotopic (exact) mass is 244 g/mol. The van der Waals surface area contributed by atoms with Crippen molar-refractivity contribution in [3.8, 4) is 0 Å². The predicted molar refractivity (Wildman–Crippen MR) is 69.3 cm³/mol. The molecule has 0 bridgehead atoms. The van der Waals surface area contributed by atoms with Crippen LogP contribution >= 0.6 is 11.8 Å². The van der Waals surface area contributed by atoms with Crippen LogP contribution in [-0.4, -0.2) is 10.9 Å². The molecule has 86 valence electrons. The van der Waals surface area contributed by atoms with Gasteiger partial charge in [-0.2, -0.15) is 0 Å². The van der Waals surface area contributed by atoms with Crippen molar-refractivity contribution in [1.82, 2.24) is 0 Å². The lowest BCUT2D eigenvalue weighted by atomic mass is 10.0. The molecule has 0 unspecified atom stereocenters. The van der Waals surface area contributed by atoms with Crippen LogP contribution < -0.4 is 0 Å². The number of hydrogen-bond acceptors (Lipinski definition) is 3. The second-order valence-corrected chi connectivity index (χ2v) is 6.18. The maximum Gasteiger partial charge on any atom is 0.341 e. The van der Waals surface area contributed by atoms with Gasteiger partial charge >= 0.3 is 5.97 Å². The highest BCUT2D eigenvalue weighted by Gasteiger charge is 2.34. The van der Waals surface area contributed by atoms with Gasteiger partial charge in [0.05, 0.1) is 5.56 Å². The summed E-state index contributed by atoms with van der Waals surface area (Å²) in [4.78, 5) is 12.6. The lowest BCUT2D eigenvalue weighted by Crippen LogP contribution is -2.29. The molecule has 0 radical (unpaired) electrons. The second-order valence-electron chi connectivity index (χ2n) is 4.55. The number of carbonyl (C=O) groups is 1. The first-order valence-electron chi connectivity index (χ1n) is 5.51. The van der Waals surface area contributed by atoms with Crippen molar-refractivity contribution in [3.63, 3.8) is 0 Å². The van der Waals surface area contributed by atoms with Crippen molar-refractivity contribution < 1.29 is 9.53 Å². The summed E-state index contributed by atoms with van der Waals surface area (Å²) in [5.74, 6) is -0.222. The lowest BCUT2D eigenvalue weighted by Gasteiger charge is -2.30. The molecule has 1 heterocycles. The number of hydrogen-bond donors (Lipinski definition) is 0. The van der Waals surface area contributed by atoms with Gasteiger partial charge in [-0.1, -0.05) is 42.1 Å². The smallest absolute Gasteiger partial charge is 0.341 e. The van der Waals surface area contributed by atoms with E-state index in [1.54, 1.807) is 11.8 Å². The molecule has 1 aliphatic rings. The Hall–Kier alpha value is -1.48. The maximum atomic E-state index is 12.1. The summed E-state index contributed by atoms with van der Waals surface area (Å²) >= 11 is 1.59. The zero-order chi connectivity index (χ0) is 12.0. The van der Waals surface area contributed by atoms with Crippen molar-refractivity contribution in [3.05, 3.63) is 42.0 Å². The van der Waals surface area contributed by atoms with Crippen LogP contribution in [0.3, 0.4) is 0 Å². The third-order valence-corrected chi connectivity index (χ3v) is 3.92. The number of benzene rings is 2. The number of rotatable bonds is 0. The molecule has 2 aromatic carbocycles. The number of fused-ring (bicyclic) bond motifs is 3. The molecule has 0 atom stereocenters. The van der Waals surface area contributed by atoms with Crippen molar-refractivity contribution in [1.29, 1.82) is 0 Å². The van der Waals surface area contributed by atoms with E-state index in [1.807, 2.05) is 44.2 Å². The Balaban J connectivity index is 2.31. The molecule has 2 aromatic rings. The summed E-state index contributed by atoms with van der Waals surface area (Å²) in [5.41, 5.74) is 0.701. The van der Waals surface area contributed by atoms with E-state index >= 15 is 0 Å². The fourth-order valence-corrected chi connectivity index (χ4v) is 3.19. The van der Waals surface area contributed by atoms with Gasteiger partial charge in [0.25, 0.3) is 0 Å². The molecule has 3 rings (SSSR count). The van der Waals surface area contributed by atoms with Gasteiger partial charge in [0.2, 0.25) is 0 Å². The molecule has 0 N–H and O–H groups in total. The summed E-state index contributed by atoms with van der Waals surface area (Å²) in [7, 11) is 0. The van der Waals surface area contributed by atoms with Gasteiger partial charge in [0, 0.05) is 4.90 Å². The zero-order valence-electron chi connectivity index (χ0n) is 9.69. The Bertz CT molecular complexity index is 617. The first-order chi connectivity index (χ1) is 8.07. The van der Waals surface area contributed by atoms with Crippen molar-refractivity contribution >= 4 is 28.5 Å². The van der Waals surface area contributed by atoms with E-state index in [1.165, 1.54) is 0 Å². The summed E-state index contributed by atoms with van der Waals surface area (Å²) in [6.45, 7) is 3.82. The Morgan fingerprint density at radius 1 is 1.12 bits per heavy atom. The third-order valence-electron chi connectivity index (χ3n) is 2.79. The van der Waals surface area contributed by atoms with Gasteiger partial charge in [-0.3, -0.25) is 0 Å². The Kier molecular flexibility index (Phi) is 2.20. The molecule has 0 fully saturated rings. The Labute approximate surface area is 104 Å². The van der Waals surface area contributed by atoms with Crippen LogP contribution in [0.1, 0.15) is 24.2 Å². The molecular weight excluding hydrogens is 232 g/mol. The summed E-state index contributed by atoms with van der Waals surface area (Å²) in [5, 5.41) is 2.04. The number of thioether (sulfide) groups is 1. The SMILES string of the molecule is CC1(C)OC(=O)c2c(ccc3ccccc23)S1. The van der Waals surface area contributed by atoms with Gasteiger partial charge < -0.3 is 4.74 Å². The quantitative estimate of drug-likeness (QED) is 0.659. The van der Waals surface area contributed by atoms with Gasteiger partial charge in [-0.25, -0.2) is 4.79 Å². The van der Waals surface area contributed by atoms with E-state index in [0.717, 1.165) is 15.7 Å². The molecule has 0 spiro atoms. The number of ether oxygens (including phenoxy) is 1. The molecule has 0 amide bonds. The zero-order valence-corrected chi connectivity index (χ0v) is 10.5. The van der Waals surface area contributed by atoms with Crippen LogP contribution in [0.5, 0.6) is 0 Å². The van der Waals surface area contributed by atoms with Crippen molar-refractivity contribution in [2.75, 3.05) is 0 Å². The van der Waals surface area contributed by atoms with E-state index in [9.17, 15) is 4.79 Å². The van der Waals surface area contributed by atoms with E-state index < -0.39 is 4.93 Å². The van der Waals surface area contributed by atoms with Crippen molar-refractivity contribution in [2.24, 2.45) is 0 Å². The molecule has 2 nitrogen and oxygen atoms in total. The second kappa shape index (κ2) is 3.50. The van der Waals surface area contributed by atoms with Crippen LogP contribution in [0.4, 0.5) is 0 Å². The van der Waals surface area contributed by atoms with Gasteiger partial charge in [0.15, 0.2) is 4.93 Å². The summed E-state index contributed by atoms with van der Waals surface area (Å²) in [6.07, 6.45) is 0. The van der Waals surface area contributed by atoms with Crippen molar-refractivity contribution in [2.45, 2.75) is 23.7 Å². The minimum Gasteiger partial charge on any atom is -0.445 e. The van der Waals surface area contributed by atoms with Gasteiger partial charge in [-0.05, 0) is 30.7 Å². The molecule has 0 aromatic heterocycles. The largest absolute Gasteiger partial charge is 0.445 e. The Morgan fingerprint density at radius 2 is 1.88 bits per heavy atom. The third kappa shape index (κ3) is 1.71. The number of cyclic esters (lactones) is 1. The fourth-order valence-electron chi connectivity index (χ4n) is 2.11. The van der Waals surface area contributed by atoms with Crippen LogP contribution in [0, 0.1) is 0 Å². The average Bonchev–Trinajstić information content (AvgIpc) is 2.26. The van der Waals surface area contributed by atoms with Crippen LogP contribution in [0.15, 0.2) is 41.3 Å². The molecule has 1 aliphatic heterocycles. The first-order valence-corrected chi connectivity index (χ1v) is 6.33. The molecule has 0 saturated heterocycles. The molecule has 0 saturated carbocycles. The summed E-state index contributed by atoms with van der Waals surface area (Å²) < 4.78 is 5.43. The van der Waals surface area contributed by atoms with Gasteiger partial charge in [0.1, 0.15) is 0 Å². The first kappa shape index (κ1) is 10.7. The molecular formula is C14H12O2S. The molecule has 3 heteroatoms. The highest BCUT2D eigenvalue weighted by atomic mass is 32.2. The lowest BCUT2D eigenvalue weighted by molar-refractivity contribution is 0.0278. The van der Waals surface area contributed by atoms with E-state index in [4.69, 9.17) is 4.74 Å². The van der Waals surface area contributed by atoms with Crippen LogP contribution in [-0.2, 0) is 4.74 Å². The minimum atomic E-state index is -0.480. The fraction of sp³-hybridized carbons (Fsp3) is 0.214. The maximum absolute atomic E-state index is 12.1. The molecule has 17 heavy (non-hydrogen) atoms. The average molecular weight is 244 g/mol. The van der Waals surface area contributed by atoms with E-state index in [0.29, 0.717) is 5.56 Å². The standard InChI is InChI=1S/C14H12O2S/c1-14(2)16-13(15)12-10-6-4-3-5-9(10)7-8-11(12)17-14/h3-8H,1-2H3. The van der Waals surface area contributed by atoms with E-state index in [-0.39, 0.29) is 5.97 Å². The number of esters is 1. The highest BCUT2D eigenvalue weighted by molar-refractivity contribution is 8.00. The van der Waals surface area contributed by atoms with E-state index in [2.05, 4.69) is 6.07 Å².